The van der Waals surface area contributed by atoms with Gasteiger partial charge in [0.2, 0.25) is 0 Å². The minimum Gasteiger partial charge on any atom is -0.465 e. The molecule has 0 rings (SSSR count). The highest BCUT2D eigenvalue weighted by Gasteiger charge is 2.26. The molecule has 3 nitrogen and oxygen atoms in total. The van der Waals surface area contributed by atoms with Crippen LogP contribution in [-0.2, 0) is 14.3 Å². The van der Waals surface area contributed by atoms with Gasteiger partial charge in [-0.05, 0) is 19.8 Å². The Morgan fingerprint density at radius 1 is 0.630 bits per heavy atom. The van der Waals surface area contributed by atoms with Crippen LogP contribution in [0.3, 0.4) is 0 Å². The highest BCUT2D eigenvalue weighted by molar-refractivity contribution is 5.98. The summed E-state index contributed by atoms with van der Waals surface area (Å²) < 4.78 is 5.16. The van der Waals surface area contributed by atoms with Crippen LogP contribution in [0.4, 0.5) is 0 Å². The van der Waals surface area contributed by atoms with Gasteiger partial charge in [0, 0.05) is 6.42 Å². The van der Waals surface area contributed by atoms with E-state index in [0.29, 0.717) is 19.4 Å². The zero-order valence-electron chi connectivity index (χ0n) is 18.5. The van der Waals surface area contributed by atoms with Gasteiger partial charge in [-0.3, -0.25) is 9.59 Å². The van der Waals surface area contributed by atoms with E-state index in [1.165, 1.54) is 70.6 Å². The molecular formula is C24H46O3. The molecule has 0 aromatic rings. The van der Waals surface area contributed by atoms with Crippen molar-refractivity contribution in [3.8, 4) is 0 Å². The summed E-state index contributed by atoms with van der Waals surface area (Å²) in [6.07, 6.45) is 19.4. The molecule has 0 saturated heterocycles. The molecule has 0 amide bonds. The van der Waals surface area contributed by atoms with Crippen molar-refractivity contribution in [3.05, 3.63) is 0 Å². The average Bonchev–Trinajstić information content (AvgIpc) is 2.66. The molecule has 0 aromatic heterocycles. The Balaban J connectivity index is 4.00. The van der Waals surface area contributed by atoms with Gasteiger partial charge >= 0.3 is 5.97 Å². The highest BCUT2D eigenvalue weighted by Crippen LogP contribution is 2.18. The number of hydrogen-bond donors (Lipinski definition) is 0. The predicted octanol–water partition coefficient (Wildman–Crippen LogP) is 7.41. The van der Waals surface area contributed by atoms with E-state index < -0.39 is 5.92 Å². The Labute approximate surface area is 169 Å². The van der Waals surface area contributed by atoms with E-state index in [-0.39, 0.29) is 11.8 Å². The monoisotopic (exact) mass is 382 g/mol. The number of ketones is 1. The first-order valence-corrected chi connectivity index (χ1v) is 11.9. The van der Waals surface area contributed by atoms with Crippen molar-refractivity contribution < 1.29 is 14.3 Å². The minimum atomic E-state index is -0.523. The van der Waals surface area contributed by atoms with E-state index in [2.05, 4.69) is 13.8 Å². The fourth-order valence-corrected chi connectivity index (χ4v) is 3.57. The summed E-state index contributed by atoms with van der Waals surface area (Å²) >= 11 is 0. The van der Waals surface area contributed by atoms with Crippen LogP contribution in [0, 0.1) is 5.92 Å². The second kappa shape index (κ2) is 19.9. The van der Waals surface area contributed by atoms with Crippen molar-refractivity contribution in [1.82, 2.24) is 0 Å². The molecule has 0 saturated carbocycles. The normalized spacial score (nSPS) is 12.1. The third-order valence-electron chi connectivity index (χ3n) is 5.33. The Bertz CT molecular complexity index is 352. The zero-order chi connectivity index (χ0) is 20.2. The van der Waals surface area contributed by atoms with Crippen LogP contribution < -0.4 is 0 Å². The van der Waals surface area contributed by atoms with Gasteiger partial charge in [-0.15, -0.1) is 0 Å². The molecular weight excluding hydrogens is 336 g/mol. The second-order valence-electron chi connectivity index (χ2n) is 7.91. The van der Waals surface area contributed by atoms with Crippen molar-refractivity contribution >= 4 is 11.8 Å². The lowest BCUT2D eigenvalue weighted by atomic mass is 9.93. The molecule has 0 aliphatic rings. The molecule has 0 bridgehead atoms. The summed E-state index contributed by atoms with van der Waals surface area (Å²) in [6.45, 7) is 6.63. The maximum Gasteiger partial charge on any atom is 0.316 e. The maximum atomic E-state index is 12.5. The van der Waals surface area contributed by atoms with E-state index in [4.69, 9.17) is 4.74 Å². The second-order valence-corrected chi connectivity index (χ2v) is 7.91. The molecule has 0 radical (unpaired) electrons. The smallest absolute Gasteiger partial charge is 0.316 e. The van der Waals surface area contributed by atoms with E-state index in [1.807, 2.05) is 6.92 Å². The molecule has 3 heteroatoms. The summed E-state index contributed by atoms with van der Waals surface area (Å²) in [5.74, 6) is -0.719. The van der Waals surface area contributed by atoms with Crippen molar-refractivity contribution in [2.45, 2.75) is 130 Å². The Hall–Kier alpha value is -0.860. The number of esters is 1. The molecule has 0 aliphatic heterocycles. The van der Waals surface area contributed by atoms with Crippen molar-refractivity contribution in [2.75, 3.05) is 6.61 Å². The lowest BCUT2D eigenvalue weighted by Gasteiger charge is -2.14. The van der Waals surface area contributed by atoms with Crippen LogP contribution in [0.5, 0.6) is 0 Å². The third kappa shape index (κ3) is 15.9. The first-order chi connectivity index (χ1) is 13.2. The summed E-state index contributed by atoms with van der Waals surface area (Å²) in [4.78, 5) is 24.7. The van der Waals surface area contributed by atoms with Crippen LogP contribution in [0.1, 0.15) is 130 Å². The number of ether oxygens (including phenoxy) is 1. The molecule has 0 heterocycles. The van der Waals surface area contributed by atoms with E-state index in [9.17, 15) is 9.59 Å². The van der Waals surface area contributed by atoms with E-state index in [0.717, 1.165) is 25.7 Å². The quantitative estimate of drug-likeness (QED) is 0.125. The van der Waals surface area contributed by atoms with E-state index >= 15 is 0 Å². The van der Waals surface area contributed by atoms with Crippen LogP contribution in [0.25, 0.3) is 0 Å². The molecule has 0 N–H and O–H groups in total. The van der Waals surface area contributed by atoms with Gasteiger partial charge in [-0.2, -0.15) is 0 Å². The standard InChI is InChI=1S/C24H46O3/c1-4-7-9-11-13-15-17-19-21-23(25)22(24(26)27-6-3)20-18-16-14-12-10-8-5-2/h22H,4-21H2,1-3H3. The summed E-state index contributed by atoms with van der Waals surface area (Å²) in [5, 5.41) is 0. The first kappa shape index (κ1) is 26.1. The van der Waals surface area contributed by atoms with Gasteiger partial charge in [0.1, 0.15) is 11.7 Å². The Morgan fingerprint density at radius 2 is 1.07 bits per heavy atom. The lowest BCUT2D eigenvalue weighted by Crippen LogP contribution is -2.26. The number of unbranched alkanes of at least 4 members (excludes halogenated alkanes) is 13. The molecule has 27 heavy (non-hydrogen) atoms. The van der Waals surface area contributed by atoms with Gasteiger partial charge in [-0.1, -0.05) is 104 Å². The number of rotatable bonds is 20. The van der Waals surface area contributed by atoms with Crippen molar-refractivity contribution in [1.29, 1.82) is 0 Å². The molecule has 0 fully saturated rings. The molecule has 160 valence electrons. The lowest BCUT2D eigenvalue weighted by molar-refractivity contribution is -0.152. The predicted molar refractivity (Wildman–Crippen MR) is 115 cm³/mol. The zero-order valence-corrected chi connectivity index (χ0v) is 18.5. The SMILES string of the molecule is CCCCCCCCCCC(=O)C(CCCCCCCCC)C(=O)OCC. The van der Waals surface area contributed by atoms with Gasteiger partial charge in [0.25, 0.3) is 0 Å². The highest BCUT2D eigenvalue weighted by atomic mass is 16.5. The van der Waals surface area contributed by atoms with Gasteiger partial charge in [-0.25, -0.2) is 0 Å². The van der Waals surface area contributed by atoms with Crippen LogP contribution >= 0.6 is 0 Å². The third-order valence-corrected chi connectivity index (χ3v) is 5.33. The van der Waals surface area contributed by atoms with Crippen molar-refractivity contribution in [3.63, 3.8) is 0 Å². The Morgan fingerprint density at radius 3 is 1.56 bits per heavy atom. The van der Waals surface area contributed by atoms with E-state index in [1.54, 1.807) is 0 Å². The fourth-order valence-electron chi connectivity index (χ4n) is 3.57. The number of Topliss-reactive ketones (excluding diaryl/α,β-unsaturated/α-hetero) is 1. The first-order valence-electron chi connectivity index (χ1n) is 11.9. The Kier molecular flexibility index (Phi) is 19.3. The molecule has 1 unspecified atom stereocenters. The fraction of sp³-hybridized carbons (Fsp3) is 0.917. The summed E-state index contributed by atoms with van der Waals surface area (Å²) in [6, 6.07) is 0. The minimum absolute atomic E-state index is 0.102. The molecule has 0 aliphatic carbocycles. The molecule has 0 spiro atoms. The van der Waals surface area contributed by atoms with Gasteiger partial charge in [0.05, 0.1) is 6.61 Å². The number of carbonyl (C=O) groups excluding carboxylic acids is 2. The van der Waals surface area contributed by atoms with Crippen LogP contribution in [0.2, 0.25) is 0 Å². The maximum absolute atomic E-state index is 12.5. The van der Waals surface area contributed by atoms with Gasteiger partial charge < -0.3 is 4.74 Å². The van der Waals surface area contributed by atoms with Gasteiger partial charge in [0.15, 0.2) is 0 Å². The number of carbonyl (C=O) groups is 2. The summed E-state index contributed by atoms with van der Waals surface area (Å²) in [5.41, 5.74) is 0. The molecule has 1 atom stereocenters. The van der Waals surface area contributed by atoms with Crippen molar-refractivity contribution in [2.24, 2.45) is 5.92 Å². The van der Waals surface area contributed by atoms with Crippen LogP contribution in [0.15, 0.2) is 0 Å². The largest absolute Gasteiger partial charge is 0.465 e. The topological polar surface area (TPSA) is 43.4 Å². The molecule has 0 aromatic carbocycles. The summed E-state index contributed by atoms with van der Waals surface area (Å²) in [7, 11) is 0. The number of hydrogen-bond acceptors (Lipinski definition) is 3. The average molecular weight is 383 g/mol. The van der Waals surface area contributed by atoms with Crippen LogP contribution in [-0.4, -0.2) is 18.4 Å².